The molecule has 1 amide bonds. The Morgan fingerprint density at radius 3 is 2.70 bits per heavy atom. The van der Waals surface area contributed by atoms with Crippen LogP contribution in [-0.4, -0.2) is 13.0 Å². The van der Waals surface area contributed by atoms with E-state index in [0.29, 0.717) is 22.7 Å². The molecule has 104 valence electrons. The van der Waals surface area contributed by atoms with Crippen molar-refractivity contribution in [1.82, 2.24) is 0 Å². The number of methoxy groups -OCH3 is 1. The number of hydrogen-bond donors (Lipinski definition) is 2. The van der Waals surface area contributed by atoms with Crippen LogP contribution in [0.15, 0.2) is 36.4 Å². The van der Waals surface area contributed by atoms with Gasteiger partial charge in [-0.05, 0) is 30.3 Å². The van der Waals surface area contributed by atoms with E-state index in [2.05, 4.69) is 5.32 Å². The summed E-state index contributed by atoms with van der Waals surface area (Å²) in [6.07, 6.45) is 0. The van der Waals surface area contributed by atoms with E-state index in [1.807, 2.05) is 0 Å². The number of nitrogens with two attached hydrogens (primary N) is 1. The van der Waals surface area contributed by atoms with E-state index in [-0.39, 0.29) is 5.02 Å². The summed E-state index contributed by atoms with van der Waals surface area (Å²) in [5.41, 5.74) is 6.73. The third kappa shape index (κ3) is 3.00. The average molecular weight is 295 g/mol. The predicted octanol–water partition coefficient (Wildman–Crippen LogP) is 3.32. The van der Waals surface area contributed by atoms with Crippen molar-refractivity contribution in [3.8, 4) is 5.75 Å². The highest BCUT2D eigenvalue weighted by molar-refractivity contribution is 6.34. The van der Waals surface area contributed by atoms with E-state index in [1.165, 1.54) is 19.2 Å². The first-order valence-electron chi connectivity index (χ1n) is 5.71. The highest BCUT2D eigenvalue weighted by Crippen LogP contribution is 2.26. The van der Waals surface area contributed by atoms with E-state index < -0.39 is 11.7 Å². The van der Waals surface area contributed by atoms with Gasteiger partial charge >= 0.3 is 0 Å². The predicted molar refractivity (Wildman–Crippen MR) is 76.8 cm³/mol. The van der Waals surface area contributed by atoms with Crippen molar-refractivity contribution in [2.45, 2.75) is 0 Å². The van der Waals surface area contributed by atoms with E-state index in [0.717, 1.165) is 6.07 Å². The van der Waals surface area contributed by atoms with Gasteiger partial charge in [0, 0.05) is 11.8 Å². The molecule has 0 atom stereocenters. The van der Waals surface area contributed by atoms with Crippen LogP contribution in [0.5, 0.6) is 5.75 Å². The second kappa shape index (κ2) is 5.79. The molecule has 0 spiro atoms. The molecule has 0 unspecified atom stereocenters. The number of ether oxygens (including phenoxy) is 1. The lowest BCUT2D eigenvalue weighted by Gasteiger charge is -2.11. The van der Waals surface area contributed by atoms with Crippen LogP contribution in [0, 0.1) is 5.82 Å². The summed E-state index contributed by atoms with van der Waals surface area (Å²) < 4.78 is 18.0. The molecule has 0 radical (unpaired) electrons. The first-order valence-corrected chi connectivity index (χ1v) is 6.09. The van der Waals surface area contributed by atoms with Crippen molar-refractivity contribution in [2.24, 2.45) is 0 Å². The van der Waals surface area contributed by atoms with Gasteiger partial charge in [-0.2, -0.15) is 0 Å². The molecule has 0 saturated carbocycles. The molecule has 0 heterocycles. The zero-order valence-corrected chi connectivity index (χ0v) is 11.4. The van der Waals surface area contributed by atoms with E-state index in [9.17, 15) is 9.18 Å². The Bertz CT molecular complexity index is 662. The largest absolute Gasteiger partial charge is 0.496 e. The van der Waals surface area contributed by atoms with Crippen LogP contribution >= 0.6 is 11.6 Å². The molecule has 0 saturated heterocycles. The lowest BCUT2D eigenvalue weighted by Crippen LogP contribution is -2.13. The molecule has 2 rings (SSSR count). The summed E-state index contributed by atoms with van der Waals surface area (Å²) in [5.74, 6) is -0.547. The van der Waals surface area contributed by atoms with E-state index in [1.54, 1.807) is 18.2 Å². The summed E-state index contributed by atoms with van der Waals surface area (Å²) in [4.78, 5) is 12.2. The topological polar surface area (TPSA) is 64.3 Å². The molecular formula is C14H12ClFN2O2. The maximum Gasteiger partial charge on any atom is 0.259 e. The fourth-order valence-corrected chi connectivity index (χ4v) is 1.89. The quantitative estimate of drug-likeness (QED) is 0.854. The van der Waals surface area contributed by atoms with E-state index in [4.69, 9.17) is 22.1 Å². The highest BCUT2D eigenvalue weighted by atomic mass is 35.5. The third-order valence-electron chi connectivity index (χ3n) is 2.65. The minimum Gasteiger partial charge on any atom is -0.496 e. The number of benzene rings is 2. The second-order valence-electron chi connectivity index (χ2n) is 4.04. The minimum absolute atomic E-state index is 0.118. The second-order valence-corrected chi connectivity index (χ2v) is 4.45. The number of carbonyl (C=O) groups is 1. The molecule has 0 bridgehead atoms. The van der Waals surface area contributed by atoms with Gasteiger partial charge in [0.05, 0.1) is 23.4 Å². The third-order valence-corrected chi connectivity index (χ3v) is 2.96. The summed E-state index contributed by atoms with van der Waals surface area (Å²) in [5, 5.41) is 2.71. The van der Waals surface area contributed by atoms with Gasteiger partial charge in [-0.15, -0.1) is 0 Å². The van der Waals surface area contributed by atoms with Gasteiger partial charge in [-0.25, -0.2) is 4.39 Å². The van der Waals surface area contributed by atoms with Gasteiger partial charge in [-0.3, -0.25) is 4.79 Å². The molecule has 0 aliphatic rings. The van der Waals surface area contributed by atoms with E-state index >= 15 is 0 Å². The van der Waals surface area contributed by atoms with Crippen LogP contribution in [0.4, 0.5) is 15.8 Å². The van der Waals surface area contributed by atoms with Crippen LogP contribution in [-0.2, 0) is 0 Å². The molecule has 2 aromatic carbocycles. The zero-order chi connectivity index (χ0) is 14.7. The number of hydrogen-bond acceptors (Lipinski definition) is 3. The summed E-state index contributed by atoms with van der Waals surface area (Å²) in [6.45, 7) is 0. The molecule has 0 aliphatic carbocycles. The monoisotopic (exact) mass is 294 g/mol. The fraction of sp³-hybridized carbons (Fsp3) is 0.0714. The number of rotatable bonds is 3. The Balaban J connectivity index is 2.28. The fourth-order valence-electron chi connectivity index (χ4n) is 1.68. The molecule has 3 N–H and O–H groups in total. The van der Waals surface area contributed by atoms with Crippen molar-refractivity contribution in [3.63, 3.8) is 0 Å². The normalized spacial score (nSPS) is 10.2. The van der Waals surface area contributed by atoms with Crippen LogP contribution in [0.1, 0.15) is 10.4 Å². The Morgan fingerprint density at radius 1 is 1.30 bits per heavy atom. The van der Waals surface area contributed by atoms with Crippen molar-refractivity contribution in [2.75, 3.05) is 18.2 Å². The lowest BCUT2D eigenvalue weighted by molar-refractivity contribution is 0.102. The van der Waals surface area contributed by atoms with Crippen molar-refractivity contribution >= 4 is 28.9 Å². The Labute approximate surface area is 120 Å². The molecule has 2 aromatic rings. The molecule has 0 aliphatic heterocycles. The molecule has 0 fully saturated rings. The number of nitrogen functional groups attached to an aromatic ring is 1. The maximum atomic E-state index is 12.9. The van der Waals surface area contributed by atoms with Gasteiger partial charge in [0.1, 0.15) is 11.6 Å². The number of amides is 1. The first-order chi connectivity index (χ1) is 9.51. The Morgan fingerprint density at radius 2 is 2.05 bits per heavy atom. The maximum absolute atomic E-state index is 12.9. The number of carbonyl (C=O) groups excluding carboxylic acids is 1. The van der Waals surface area contributed by atoms with Gasteiger partial charge in [-0.1, -0.05) is 11.6 Å². The van der Waals surface area contributed by atoms with Crippen molar-refractivity contribution in [1.29, 1.82) is 0 Å². The minimum atomic E-state index is -0.474. The van der Waals surface area contributed by atoms with Crippen LogP contribution in [0.2, 0.25) is 5.02 Å². The Kier molecular flexibility index (Phi) is 4.10. The number of halogens is 2. The van der Waals surface area contributed by atoms with Crippen LogP contribution in [0.25, 0.3) is 0 Å². The van der Waals surface area contributed by atoms with Crippen LogP contribution in [0.3, 0.4) is 0 Å². The molecule has 20 heavy (non-hydrogen) atoms. The lowest BCUT2D eigenvalue weighted by atomic mass is 10.1. The molecule has 4 nitrogen and oxygen atoms in total. The van der Waals surface area contributed by atoms with Crippen LogP contribution < -0.4 is 15.8 Å². The van der Waals surface area contributed by atoms with Gasteiger partial charge in [0.25, 0.3) is 5.91 Å². The van der Waals surface area contributed by atoms with Gasteiger partial charge in [0.15, 0.2) is 0 Å². The number of nitrogens with one attached hydrogen (secondary N) is 1. The smallest absolute Gasteiger partial charge is 0.259 e. The van der Waals surface area contributed by atoms with Crippen molar-refractivity contribution < 1.29 is 13.9 Å². The van der Waals surface area contributed by atoms with Gasteiger partial charge < -0.3 is 15.8 Å². The SMILES string of the molecule is COc1cc(N)ccc1C(=O)Nc1ccc(F)cc1Cl. The average Bonchev–Trinajstić information content (AvgIpc) is 2.41. The van der Waals surface area contributed by atoms with Gasteiger partial charge in [0.2, 0.25) is 0 Å². The summed E-state index contributed by atoms with van der Waals surface area (Å²) in [7, 11) is 1.44. The Hall–Kier alpha value is -2.27. The number of anilines is 2. The molecular weight excluding hydrogens is 283 g/mol. The zero-order valence-electron chi connectivity index (χ0n) is 10.6. The first kappa shape index (κ1) is 14.1. The molecule has 6 heteroatoms. The summed E-state index contributed by atoms with van der Waals surface area (Å²) >= 11 is 5.85. The summed E-state index contributed by atoms with van der Waals surface area (Å²) in [6, 6.07) is 8.39. The standard InChI is InChI=1S/C14H12ClFN2O2/c1-20-13-7-9(17)3-4-10(13)14(19)18-12-5-2-8(16)6-11(12)15/h2-7H,17H2,1H3,(H,18,19). The molecule has 0 aromatic heterocycles. The highest BCUT2D eigenvalue weighted by Gasteiger charge is 2.14. The van der Waals surface area contributed by atoms with Crippen molar-refractivity contribution in [3.05, 3.63) is 52.8 Å².